The second-order valence-electron chi connectivity index (χ2n) is 10.5. The smallest absolute Gasteiger partial charge is 0.317 e. The number of amides is 3. The summed E-state index contributed by atoms with van der Waals surface area (Å²) in [6.45, 7) is 1.10. The Balaban J connectivity index is 1.30. The number of aromatic nitrogens is 1. The molecule has 2 heterocycles. The molecule has 2 N–H and O–H groups in total. The number of fused-ring (bicyclic) bond motifs is 1. The van der Waals surface area contributed by atoms with Gasteiger partial charge in [0.2, 0.25) is 11.7 Å². The SMILES string of the molecule is O=C(c1nc2ccccc2o1)C(CCNC(=O)C(CNC(=O)N1CCOCC1)S(=O)(=O)Cc1ccccc1)c1ccccc1. The second kappa shape index (κ2) is 14.3. The Morgan fingerprint density at radius 1 is 0.864 bits per heavy atom. The maximum atomic E-state index is 13.6. The summed E-state index contributed by atoms with van der Waals surface area (Å²) >= 11 is 0. The number of nitrogens with one attached hydrogen (secondary N) is 2. The van der Waals surface area contributed by atoms with Crippen molar-refractivity contribution in [2.45, 2.75) is 23.3 Å². The van der Waals surface area contributed by atoms with Crippen LogP contribution in [-0.4, -0.2) is 80.7 Å². The molecule has 1 saturated heterocycles. The number of nitrogens with zero attached hydrogens (tertiary/aromatic N) is 2. The number of benzene rings is 3. The average molecular weight is 619 g/mol. The number of para-hydroxylation sites is 2. The molecule has 0 spiro atoms. The Morgan fingerprint density at radius 2 is 1.52 bits per heavy atom. The minimum atomic E-state index is -4.04. The zero-order chi connectivity index (χ0) is 30.9. The van der Waals surface area contributed by atoms with E-state index in [0.29, 0.717) is 48.5 Å². The van der Waals surface area contributed by atoms with Crippen LogP contribution >= 0.6 is 0 Å². The number of hydrogen-bond donors (Lipinski definition) is 2. The van der Waals surface area contributed by atoms with E-state index in [2.05, 4.69) is 15.6 Å². The van der Waals surface area contributed by atoms with Crippen LogP contribution in [0.15, 0.2) is 89.3 Å². The summed E-state index contributed by atoms with van der Waals surface area (Å²) in [5.41, 5.74) is 2.28. The third-order valence-electron chi connectivity index (χ3n) is 7.43. The van der Waals surface area contributed by atoms with Crippen molar-refractivity contribution in [3.05, 3.63) is 102 Å². The molecule has 3 aromatic carbocycles. The van der Waals surface area contributed by atoms with E-state index >= 15 is 0 Å². The van der Waals surface area contributed by atoms with Crippen LogP contribution in [0.1, 0.15) is 34.2 Å². The zero-order valence-electron chi connectivity index (χ0n) is 24.1. The van der Waals surface area contributed by atoms with Gasteiger partial charge in [-0.2, -0.15) is 0 Å². The average Bonchev–Trinajstić information content (AvgIpc) is 3.48. The maximum Gasteiger partial charge on any atom is 0.317 e. The minimum absolute atomic E-state index is 0.000863. The van der Waals surface area contributed by atoms with Crippen LogP contribution in [0.3, 0.4) is 0 Å². The molecule has 0 radical (unpaired) electrons. The van der Waals surface area contributed by atoms with Crippen molar-refractivity contribution in [2.24, 2.45) is 0 Å². The first-order valence-corrected chi connectivity index (χ1v) is 16.1. The van der Waals surface area contributed by atoms with Crippen LogP contribution in [0.4, 0.5) is 4.79 Å². The number of Topliss-reactive ketones (excluding diaryl/α,β-unsaturated/α-hetero) is 1. The fourth-order valence-corrected chi connectivity index (χ4v) is 6.67. The number of hydrogen-bond acceptors (Lipinski definition) is 8. The number of carbonyl (C=O) groups is 3. The molecular weight excluding hydrogens is 584 g/mol. The predicted octanol–water partition coefficient (Wildman–Crippen LogP) is 3.33. The van der Waals surface area contributed by atoms with Crippen molar-refractivity contribution < 1.29 is 32.0 Å². The molecule has 11 nitrogen and oxygen atoms in total. The molecule has 1 fully saturated rings. The normalized spacial score (nSPS) is 15.0. The summed E-state index contributed by atoms with van der Waals surface area (Å²) in [7, 11) is -4.04. The summed E-state index contributed by atoms with van der Waals surface area (Å²) in [6, 6.07) is 24.2. The third kappa shape index (κ3) is 7.69. The van der Waals surface area contributed by atoms with Gasteiger partial charge in [0.05, 0.1) is 24.9 Å². The molecule has 1 aromatic heterocycles. The summed E-state index contributed by atoms with van der Waals surface area (Å²) < 4.78 is 38.0. The van der Waals surface area contributed by atoms with Gasteiger partial charge >= 0.3 is 6.03 Å². The van der Waals surface area contributed by atoms with E-state index in [0.717, 1.165) is 0 Å². The van der Waals surface area contributed by atoms with Crippen molar-refractivity contribution >= 4 is 38.7 Å². The van der Waals surface area contributed by atoms with Crippen molar-refractivity contribution in [1.82, 2.24) is 20.5 Å². The van der Waals surface area contributed by atoms with Gasteiger partial charge in [-0.25, -0.2) is 18.2 Å². The van der Waals surface area contributed by atoms with Crippen molar-refractivity contribution in [3.63, 3.8) is 0 Å². The lowest BCUT2D eigenvalue weighted by Gasteiger charge is -2.28. The Kier molecular flexibility index (Phi) is 10.0. The Hall–Kier alpha value is -4.55. The number of carbonyl (C=O) groups excluding carboxylic acids is 3. The quantitative estimate of drug-likeness (QED) is 0.230. The van der Waals surface area contributed by atoms with E-state index in [-0.39, 0.29) is 30.4 Å². The molecule has 230 valence electrons. The Bertz CT molecular complexity index is 1650. The number of ketones is 1. The largest absolute Gasteiger partial charge is 0.434 e. The number of ether oxygens (including phenoxy) is 1. The third-order valence-corrected chi connectivity index (χ3v) is 9.41. The van der Waals surface area contributed by atoms with E-state index in [1.807, 2.05) is 18.2 Å². The highest BCUT2D eigenvalue weighted by molar-refractivity contribution is 7.92. The van der Waals surface area contributed by atoms with E-state index < -0.39 is 39.5 Å². The van der Waals surface area contributed by atoms with E-state index in [4.69, 9.17) is 9.15 Å². The van der Waals surface area contributed by atoms with Crippen LogP contribution in [0.25, 0.3) is 11.1 Å². The molecule has 0 bridgehead atoms. The number of morpholine rings is 1. The van der Waals surface area contributed by atoms with Gasteiger partial charge < -0.3 is 24.7 Å². The van der Waals surface area contributed by atoms with Gasteiger partial charge in [0.1, 0.15) is 5.52 Å². The van der Waals surface area contributed by atoms with Gasteiger partial charge in [-0.3, -0.25) is 9.59 Å². The zero-order valence-corrected chi connectivity index (χ0v) is 24.9. The number of urea groups is 1. The number of sulfone groups is 1. The van der Waals surface area contributed by atoms with E-state index in [1.165, 1.54) is 4.90 Å². The molecular formula is C32H34N4O7S. The first-order valence-electron chi connectivity index (χ1n) is 14.4. The standard InChI is InChI=1S/C32H34N4O7S/c37-29(31-35-26-13-7-8-14-27(26)43-31)25(24-11-5-2-6-12-24)15-16-33-30(38)28(21-34-32(39)36-17-19-42-20-18-36)44(40,41)22-23-9-3-1-4-10-23/h1-14,25,28H,15-22H2,(H,33,38)(H,34,39). The highest BCUT2D eigenvalue weighted by Gasteiger charge is 2.34. The van der Waals surface area contributed by atoms with Gasteiger partial charge in [0.25, 0.3) is 5.89 Å². The monoisotopic (exact) mass is 618 g/mol. The Labute approximate surface area is 255 Å². The summed E-state index contributed by atoms with van der Waals surface area (Å²) in [5.74, 6) is -2.23. The van der Waals surface area contributed by atoms with Gasteiger partial charge in [-0.15, -0.1) is 0 Å². The Morgan fingerprint density at radius 3 is 2.23 bits per heavy atom. The molecule has 1 aliphatic rings. The van der Waals surface area contributed by atoms with Gasteiger partial charge in [0, 0.05) is 26.2 Å². The lowest BCUT2D eigenvalue weighted by Crippen LogP contribution is -2.52. The molecule has 5 rings (SSSR count). The van der Waals surface area contributed by atoms with Crippen LogP contribution < -0.4 is 10.6 Å². The molecule has 2 atom stereocenters. The molecule has 0 saturated carbocycles. The molecule has 2 unspecified atom stereocenters. The lowest BCUT2D eigenvalue weighted by atomic mass is 9.91. The summed E-state index contributed by atoms with van der Waals surface area (Å²) in [4.78, 5) is 45.6. The minimum Gasteiger partial charge on any atom is -0.434 e. The summed E-state index contributed by atoms with van der Waals surface area (Å²) in [6.07, 6.45) is 0.166. The molecule has 44 heavy (non-hydrogen) atoms. The van der Waals surface area contributed by atoms with Crippen LogP contribution in [0, 0.1) is 0 Å². The van der Waals surface area contributed by atoms with Crippen LogP contribution in [-0.2, 0) is 25.1 Å². The lowest BCUT2D eigenvalue weighted by molar-refractivity contribution is -0.120. The second-order valence-corrected chi connectivity index (χ2v) is 12.6. The van der Waals surface area contributed by atoms with E-state index in [9.17, 15) is 22.8 Å². The molecule has 3 amide bonds. The number of oxazole rings is 1. The first kappa shape index (κ1) is 30.9. The van der Waals surface area contributed by atoms with Crippen LogP contribution in [0.2, 0.25) is 0 Å². The van der Waals surface area contributed by atoms with Gasteiger partial charge in [0.15, 0.2) is 20.7 Å². The fourth-order valence-electron chi connectivity index (χ4n) is 5.06. The van der Waals surface area contributed by atoms with Gasteiger partial charge in [-0.05, 0) is 29.7 Å². The molecule has 0 aliphatic carbocycles. The van der Waals surface area contributed by atoms with Crippen LogP contribution in [0.5, 0.6) is 0 Å². The molecule has 12 heteroatoms. The maximum absolute atomic E-state index is 13.6. The summed E-state index contributed by atoms with van der Waals surface area (Å²) in [5, 5.41) is 3.78. The highest BCUT2D eigenvalue weighted by atomic mass is 32.2. The van der Waals surface area contributed by atoms with Crippen molar-refractivity contribution in [3.8, 4) is 0 Å². The predicted molar refractivity (Wildman–Crippen MR) is 164 cm³/mol. The fraction of sp³-hybridized carbons (Fsp3) is 0.312. The van der Waals surface area contributed by atoms with Gasteiger partial charge in [-0.1, -0.05) is 72.8 Å². The van der Waals surface area contributed by atoms with Crippen molar-refractivity contribution in [1.29, 1.82) is 0 Å². The molecule has 4 aromatic rings. The highest BCUT2D eigenvalue weighted by Crippen LogP contribution is 2.26. The van der Waals surface area contributed by atoms with E-state index in [1.54, 1.807) is 66.7 Å². The van der Waals surface area contributed by atoms with Crippen molar-refractivity contribution in [2.75, 3.05) is 39.4 Å². The number of rotatable bonds is 12. The first-order chi connectivity index (χ1) is 21.3. The molecule has 1 aliphatic heterocycles. The topological polar surface area (TPSA) is 148 Å².